The van der Waals surface area contributed by atoms with E-state index < -0.39 is 0 Å². The lowest BCUT2D eigenvalue weighted by molar-refractivity contribution is 0.0957. The molecule has 0 aliphatic carbocycles. The number of amides is 1. The van der Waals surface area contributed by atoms with Gasteiger partial charge in [-0.25, -0.2) is 4.98 Å². The van der Waals surface area contributed by atoms with Gasteiger partial charge in [-0.2, -0.15) is 0 Å². The molecule has 1 amide bonds. The van der Waals surface area contributed by atoms with Gasteiger partial charge in [-0.3, -0.25) is 4.79 Å². The number of hydrogen-bond acceptors (Lipinski definition) is 5. The lowest BCUT2D eigenvalue weighted by atomic mass is 10.1. The van der Waals surface area contributed by atoms with Crippen LogP contribution in [0, 0.1) is 20.8 Å². The molecule has 6 heteroatoms. The molecule has 5 nitrogen and oxygen atoms in total. The first kappa shape index (κ1) is 12.8. The molecule has 0 saturated heterocycles. The number of hydrogen-bond donors (Lipinski definition) is 1. The first-order valence-electron chi connectivity index (χ1n) is 5.69. The zero-order chi connectivity index (χ0) is 13.1. The summed E-state index contributed by atoms with van der Waals surface area (Å²) in [5, 5.41) is 6.76. The molecule has 0 saturated carbocycles. The van der Waals surface area contributed by atoms with Gasteiger partial charge < -0.3 is 9.84 Å². The predicted octanol–water partition coefficient (Wildman–Crippen LogP) is 2.03. The molecule has 2 heterocycles. The molecular formula is C12H15N3O2S. The highest BCUT2D eigenvalue weighted by atomic mass is 32.1. The van der Waals surface area contributed by atoms with Crippen LogP contribution in [0.15, 0.2) is 10.0 Å². The quantitative estimate of drug-likeness (QED) is 0.918. The third kappa shape index (κ3) is 2.59. The van der Waals surface area contributed by atoms with E-state index in [2.05, 4.69) is 15.5 Å². The van der Waals surface area contributed by atoms with Crippen LogP contribution in [0.3, 0.4) is 0 Å². The fourth-order valence-electron chi connectivity index (χ4n) is 1.76. The summed E-state index contributed by atoms with van der Waals surface area (Å²) in [4.78, 5) is 16.6. The van der Waals surface area contributed by atoms with E-state index in [9.17, 15) is 4.79 Å². The summed E-state index contributed by atoms with van der Waals surface area (Å²) in [5.41, 5.74) is 4.40. The van der Waals surface area contributed by atoms with Crippen LogP contribution in [0.1, 0.15) is 32.4 Å². The number of carbonyl (C=O) groups excluding carboxylic acids is 1. The second kappa shape index (κ2) is 5.30. The van der Waals surface area contributed by atoms with Gasteiger partial charge in [-0.1, -0.05) is 5.16 Å². The molecule has 0 aliphatic rings. The van der Waals surface area contributed by atoms with Crippen molar-refractivity contribution in [3.63, 3.8) is 0 Å². The molecule has 0 aliphatic heterocycles. The number of nitrogens with one attached hydrogen (secondary N) is 1. The topological polar surface area (TPSA) is 68.0 Å². The van der Waals surface area contributed by atoms with E-state index >= 15 is 0 Å². The summed E-state index contributed by atoms with van der Waals surface area (Å²) in [6.45, 7) is 6.18. The highest BCUT2D eigenvalue weighted by Gasteiger charge is 2.12. The number of aryl methyl sites for hydroxylation is 3. The van der Waals surface area contributed by atoms with E-state index in [1.807, 2.05) is 20.8 Å². The standard InChI is InChI=1S/C12H15N3O2S/c1-7-10(9(3)17-15-7)4-5-13-12(16)11-8(2)14-6-18-11/h6H,4-5H2,1-3H3,(H,13,16). The van der Waals surface area contributed by atoms with Crippen molar-refractivity contribution in [1.29, 1.82) is 0 Å². The zero-order valence-electron chi connectivity index (χ0n) is 10.6. The fourth-order valence-corrected chi connectivity index (χ4v) is 2.48. The maximum absolute atomic E-state index is 11.8. The summed E-state index contributed by atoms with van der Waals surface area (Å²) in [7, 11) is 0. The summed E-state index contributed by atoms with van der Waals surface area (Å²) in [6, 6.07) is 0. The molecule has 0 aromatic carbocycles. The molecule has 0 spiro atoms. The minimum absolute atomic E-state index is 0.0678. The normalized spacial score (nSPS) is 10.6. The van der Waals surface area contributed by atoms with Crippen LogP contribution in [0.2, 0.25) is 0 Å². The molecule has 0 radical (unpaired) electrons. The zero-order valence-corrected chi connectivity index (χ0v) is 11.4. The van der Waals surface area contributed by atoms with Crippen molar-refractivity contribution in [2.24, 2.45) is 0 Å². The Hall–Kier alpha value is -1.69. The van der Waals surface area contributed by atoms with Gasteiger partial charge in [0, 0.05) is 12.1 Å². The molecule has 1 N–H and O–H groups in total. The minimum Gasteiger partial charge on any atom is -0.361 e. The van der Waals surface area contributed by atoms with Crippen LogP contribution in [0.5, 0.6) is 0 Å². The Labute approximate surface area is 109 Å². The smallest absolute Gasteiger partial charge is 0.263 e. The van der Waals surface area contributed by atoms with Crippen LogP contribution in [-0.2, 0) is 6.42 Å². The summed E-state index contributed by atoms with van der Waals surface area (Å²) in [6.07, 6.45) is 0.727. The number of carbonyl (C=O) groups is 1. The Balaban J connectivity index is 1.90. The molecule has 2 aromatic rings. The van der Waals surface area contributed by atoms with Crippen molar-refractivity contribution in [3.05, 3.63) is 33.1 Å². The number of aromatic nitrogens is 2. The van der Waals surface area contributed by atoms with E-state index in [4.69, 9.17) is 4.52 Å². The lowest BCUT2D eigenvalue weighted by Crippen LogP contribution is -2.25. The van der Waals surface area contributed by atoms with Gasteiger partial charge >= 0.3 is 0 Å². The van der Waals surface area contributed by atoms with E-state index in [0.29, 0.717) is 11.4 Å². The molecule has 0 atom stereocenters. The van der Waals surface area contributed by atoms with E-state index in [1.54, 1.807) is 5.51 Å². The maximum atomic E-state index is 11.8. The third-order valence-electron chi connectivity index (χ3n) is 2.79. The lowest BCUT2D eigenvalue weighted by Gasteiger charge is -2.03. The van der Waals surface area contributed by atoms with Crippen LogP contribution in [0.25, 0.3) is 0 Å². The Bertz CT molecular complexity index is 540. The van der Waals surface area contributed by atoms with Crippen LogP contribution in [0.4, 0.5) is 0 Å². The van der Waals surface area contributed by atoms with E-state index in [-0.39, 0.29) is 5.91 Å². The Morgan fingerprint density at radius 3 is 2.72 bits per heavy atom. The largest absolute Gasteiger partial charge is 0.361 e. The van der Waals surface area contributed by atoms with Gasteiger partial charge in [0.05, 0.1) is 16.9 Å². The van der Waals surface area contributed by atoms with Gasteiger partial charge in [0.15, 0.2) is 0 Å². The van der Waals surface area contributed by atoms with Gasteiger partial charge in [0.1, 0.15) is 10.6 Å². The summed E-state index contributed by atoms with van der Waals surface area (Å²) >= 11 is 1.36. The van der Waals surface area contributed by atoms with Crippen molar-refractivity contribution in [3.8, 4) is 0 Å². The predicted molar refractivity (Wildman–Crippen MR) is 68.9 cm³/mol. The number of rotatable bonds is 4. The van der Waals surface area contributed by atoms with Crippen molar-refractivity contribution in [2.75, 3.05) is 6.54 Å². The molecule has 0 fully saturated rings. The van der Waals surface area contributed by atoms with E-state index in [0.717, 1.165) is 29.1 Å². The first-order valence-corrected chi connectivity index (χ1v) is 6.57. The van der Waals surface area contributed by atoms with Crippen LogP contribution in [-0.4, -0.2) is 22.6 Å². The monoisotopic (exact) mass is 265 g/mol. The summed E-state index contributed by atoms with van der Waals surface area (Å²) in [5.74, 6) is 0.748. The Kier molecular flexibility index (Phi) is 3.76. The van der Waals surface area contributed by atoms with Gasteiger partial charge in [0.25, 0.3) is 5.91 Å². The third-order valence-corrected chi connectivity index (χ3v) is 3.72. The first-order chi connectivity index (χ1) is 8.59. The molecule has 0 unspecified atom stereocenters. The van der Waals surface area contributed by atoms with E-state index in [1.165, 1.54) is 11.3 Å². The van der Waals surface area contributed by atoms with Gasteiger partial charge in [-0.15, -0.1) is 11.3 Å². The highest BCUT2D eigenvalue weighted by Crippen LogP contribution is 2.13. The van der Waals surface area contributed by atoms with Crippen molar-refractivity contribution in [2.45, 2.75) is 27.2 Å². The molecule has 96 valence electrons. The Morgan fingerprint density at radius 1 is 1.39 bits per heavy atom. The number of nitrogens with zero attached hydrogens (tertiary/aromatic N) is 2. The van der Waals surface area contributed by atoms with Crippen LogP contribution >= 0.6 is 11.3 Å². The van der Waals surface area contributed by atoms with Gasteiger partial charge in [-0.05, 0) is 27.2 Å². The Morgan fingerprint density at radius 2 is 2.17 bits per heavy atom. The fraction of sp³-hybridized carbons (Fsp3) is 0.417. The maximum Gasteiger partial charge on any atom is 0.263 e. The SMILES string of the molecule is Cc1ncsc1C(=O)NCCc1c(C)noc1C. The highest BCUT2D eigenvalue weighted by molar-refractivity contribution is 7.11. The minimum atomic E-state index is -0.0678. The molecule has 0 bridgehead atoms. The molecule has 2 rings (SSSR count). The average Bonchev–Trinajstić information content (AvgIpc) is 2.89. The molecular weight excluding hydrogens is 250 g/mol. The average molecular weight is 265 g/mol. The second-order valence-corrected chi connectivity index (χ2v) is 4.93. The second-order valence-electron chi connectivity index (χ2n) is 4.08. The molecule has 2 aromatic heterocycles. The number of thiazole rings is 1. The van der Waals surface area contributed by atoms with Crippen LogP contribution < -0.4 is 5.32 Å². The van der Waals surface area contributed by atoms with Crippen molar-refractivity contribution < 1.29 is 9.32 Å². The van der Waals surface area contributed by atoms with Crippen molar-refractivity contribution in [1.82, 2.24) is 15.5 Å². The van der Waals surface area contributed by atoms with Gasteiger partial charge in [0.2, 0.25) is 0 Å². The van der Waals surface area contributed by atoms with Crippen molar-refractivity contribution >= 4 is 17.2 Å². The summed E-state index contributed by atoms with van der Waals surface area (Å²) < 4.78 is 5.07. The molecule has 18 heavy (non-hydrogen) atoms.